The zero-order valence-electron chi connectivity index (χ0n) is 17.5. The third-order valence-electron chi connectivity index (χ3n) is 6.15. The third kappa shape index (κ3) is 4.32. The van der Waals surface area contributed by atoms with Crippen molar-refractivity contribution in [2.75, 3.05) is 23.3 Å². The van der Waals surface area contributed by atoms with E-state index in [4.69, 9.17) is 0 Å². The van der Waals surface area contributed by atoms with Crippen molar-refractivity contribution in [3.05, 3.63) is 64.8 Å². The molecule has 2 heterocycles. The first-order valence-corrected chi connectivity index (χ1v) is 11.6. The maximum Gasteiger partial charge on any atom is 0.319 e. The molecule has 1 saturated carbocycles. The second-order valence-corrected chi connectivity index (χ2v) is 9.24. The van der Waals surface area contributed by atoms with Gasteiger partial charge in [-0.05, 0) is 59.0 Å². The molecule has 2 aromatic carbocycles. The summed E-state index contributed by atoms with van der Waals surface area (Å²) < 4.78 is 2.79. The number of anilines is 2. The molecule has 1 aliphatic carbocycles. The second kappa shape index (κ2) is 8.38. The summed E-state index contributed by atoms with van der Waals surface area (Å²) in [5, 5.41) is 10.5. The van der Waals surface area contributed by atoms with E-state index >= 15 is 0 Å². The number of nitrogens with one attached hydrogen (secondary N) is 2. The van der Waals surface area contributed by atoms with Gasteiger partial charge < -0.3 is 15.5 Å². The summed E-state index contributed by atoms with van der Waals surface area (Å²) in [5.41, 5.74) is 5.23. The maximum atomic E-state index is 12.7. The first kappa shape index (κ1) is 20.1. The predicted molar refractivity (Wildman–Crippen MR) is 128 cm³/mol. The van der Waals surface area contributed by atoms with Gasteiger partial charge in [-0.3, -0.25) is 4.68 Å². The number of halogens is 1. The summed E-state index contributed by atoms with van der Waals surface area (Å²) in [7, 11) is 1.93. The van der Waals surface area contributed by atoms with Gasteiger partial charge in [0.1, 0.15) is 0 Å². The van der Waals surface area contributed by atoms with E-state index in [1.807, 2.05) is 36.0 Å². The van der Waals surface area contributed by atoms with Crippen LogP contribution in [0.2, 0.25) is 0 Å². The molecule has 2 atom stereocenters. The van der Waals surface area contributed by atoms with Crippen molar-refractivity contribution in [2.24, 2.45) is 7.05 Å². The van der Waals surface area contributed by atoms with Crippen LogP contribution in [0.15, 0.2) is 59.2 Å². The van der Waals surface area contributed by atoms with Crippen molar-refractivity contribution in [1.82, 2.24) is 15.1 Å². The lowest BCUT2D eigenvalue weighted by atomic mass is 10.1. The molecule has 6 nitrogen and oxygen atoms in total. The van der Waals surface area contributed by atoms with Crippen LogP contribution in [0, 0.1) is 0 Å². The standard InChI is InChI=1S/C24H26BrN5O/c1-29-23(21(25)15-26-29)17-11-18(13-19(12-17)30-9-5-6-10-30)27-24(31)28-22-14-20(22)16-7-3-2-4-8-16/h2-4,7-8,11-13,15,20,22H,5-6,9-10,14H2,1H3,(H2,27,28,31)/t20-,22?/m1/s1. The zero-order valence-corrected chi connectivity index (χ0v) is 19.1. The van der Waals surface area contributed by atoms with Crippen molar-refractivity contribution < 1.29 is 4.79 Å². The van der Waals surface area contributed by atoms with Gasteiger partial charge in [-0.15, -0.1) is 0 Å². The minimum Gasteiger partial charge on any atom is -0.371 e. The molecule has 2 aliphatic rings. The van der Waals surface area contributed by atoms with Crippen molar-refractivity contribution in [3.63, 3.8) is 0 Å². The quantitative estimate of drug-likeness (QED) is 0.533. The Morgan fingerprint density at radius 1 is 1.13 bits per heavy atom. The number of aryl methyl sites for hydroxylation is 1. The summed E-state index contributed by atoms with van der Waals surface area (Å²) in [6, 6.07) is 16.7. The number of carbonyl (C=O) groups excluding carboxylic acids is 1. The number of aromatic nitrogens is 2. The zero-order chi connectivity index (χ0) is 21.4. The number of carbonyl (C=O) groups is 1. The molecule has 2 fully saturated rings. The Labute approximate surface area is 190 Å². The molecular formula is C24H26BrN5O. The number of nitrogens with zero attached hydrogens (tertiary/aromatic N) is 3. The Bertz CT molecular complexity index is 1070. The van der Waals surface area contributed by atoms with E-state index in [2.05, 4.69) is 60.8 Å². The molecule has 1 saturated heterocycles. The first-order valence-electron chi connectivity index (χ1n) is 10.8. The Morgan fingerprint density at radius 2 is 1.90 bits per heavy atom. The van der Waals surface area contributed by atoms with Gasteiger partial charge in [0.05, 0.1) is 16.4 Å². The molecule has 1 aliphatic heterocycles. The summed E-state index contributed by atoms with van der Waals surface area (Å²) in [5.74, 6) is 0.406. The van der Waals surface area contributed by atoms with Crippen LogP contribution in [0.4, 0.5) is 16.2 Å². The molecule has 2 N–H and O–H groups in total. The molecule has 160 valence electrons. The lowest BCUT2D eigenvalue weighted by molar-refractivity contribution is 0.251. The van der Waals surface area contributed by atoms with Crippen molar-refractivity contribution in [1.29, 1.82) is 0 Å². The fourth-order valence-corrected chi connectivity index (χ4v) is 5.05. The van der Waals surface area contributed by atoms with Crippen molar-refractivity contribution in [3.8, 4) is 11.3 Å². The number of rotatable bonds is 5. The lowest BCUT2D eigenvalue weighted by Gasteiger charge is -2.20. The molecule has 1 aromatic heterocycles. The predicted octanol–water partition coefficient (Wildman–Crippen LogP) is 5.13. The van der Waals surface area contributed by atoms with Crippen LogP contribution in [-0.2, 0) is 7.05 Å². The Hall–Kier alpha value is -2.80. The molecule has 3 aromatic rings. The van der Waals surface area contributed by atoms with Crippen molar-refractivity contribution in [2.45, 2.75) is 31.2 Å². The molecule has 31 heavy (non-hydrogen) atoms. The lowest BCUT2D eigenvalue weighted by Crippen LogP contribution is -2.31. The molecule has 5 rings (SSSR count). The number of hydrogen-bond donors (Lipinski definition) is 2. The largest absolute Gasteiger partial charge is 0.371 e. The van der Waals surface area contributed by atoms with Gasteiger partial charge in [0.15, 0.2) is 0 Å². The summed E-state index contributed by atoms with van der Waals surface area (Å²) in [6.07, 6.45) is 5.18. The Kier molecular flexibility index (Phi) is 5.44. The molecule has 0 bridgehead atoms. The molecular weight excluding hydrogens is 454 g/mol. The van der Waals surface area contributed by atoms with E-state index in [1.54, 1.807) is 6.20 Å². The third-order valence-corrected chi connectivity index (χ3v) is 6.73. The van der Waals surface area contributed by atoms with Gasteiger partial charge in [-0.1, -0.05) is 30.3 Å². The smallest absolute Gasteiger partial charge is 0.319 e. The monoisotopic (exact) mass is 479 g/mol. The van der Waals surface area contributed by atoms with Crippen LogP contribution in [-0.4, -0.2) is 34.9 Å². The van der Waals surface area contributed by atoms with Crippen LogP contribution in [0.5, 0.6) is 0 Å². The number of benzene rings is 2. The normalized spacial score (nSPS) is 20.0. The highest BCUT2D eigenvalue weighted by molar-refractivity contribution is 9.10. The maximum absolute atomic E-state index is 12.7. The van der Waals surface area contributed by atoms with E-state index in [1.165, 1.54) is 18.4 Å². The van der Waals surface area contributed by atoms with Crippen LogP contribution in [0.3, 0.4) is 0 Å². The fraction of sp³-hybridized carbons (Fsp3) is 0.333. The van der Waals surface area contributed by atoms with Crippen LogP contribution < -0.4 is 15.5 Å². The van der Waals surface area contributed by atoms with Crippen LogP contribution in [0.25, 0.3) is 11.3 Å². The summed E-state index contributed by atoms with van der Waals surface area (Å²) in [6.45, 7) is 2.09. The molecule has 0 radical (unpaired) electrons. The van der Waals surface area contributed by atoms with Crippen LogP contribution in [0.1, 0.15) is 30.7 Å². The highest BCUT2D eigenvalue weighted by Crippen LogP contribution is 2.40. The molecule has 2 amide bonds. The van der Waals surface area contributed by atoms with Gasteiger partial charge in [0.2, 0.25) is 0 Å². The van der Waals surface area contributed by atoms with Gasteiger partial charge in [-0.25, -0.2) is 4.79 Å². The fourth-order valence-electron chi connectivity index (χ4n) is 4.47. The number of hydrogen-bond acceptors (Lipinski definition) is 3. The van der Waals surface area contributed by atoms with Gasteiger partial charge in [0.25, 0.3) is 0 Å². The minimum atomic E-state index is -0.156. The van der Waals surface area contributed by atoms with E-state index in [9.17, 15) is 4.79 Å². The molecule has 7 heteroatoms. The molecule has 0 spiro atoms. The topological polar surface area (TPSA) is 62.2 Å². The number of amides is 2. The van der Waals surface area contributed by atoms with Gasteiger partial charge in [0, 0.05) is 49.0 Å². The van der Waals surface area contributed by atoms with E-state index < -0.39 is 0 Å². The highest BCUT2D eigenvalue weighted by atomic mass is 79.9. The Morgan fingerprint density at radius 3 is 2.61 bits per heavy atom. The summed E-state index contributed by atoms with van der Waals surface area (Å²) >= 11 is 3.61. The Balaban J connectivity index is 1.35. The highest BCUT2D eigenvalue weighted by Gasteiger charge is 2.39. The minimum absolute atomic E-state index is 0.156. The van der Waals surface area contributed by atoms with E-state index in [0.717, 1.165) is 46.6 Å². The van der Waals surface area contributed by atoms with E-state index in [0.29, 0.717) is 5.92 Å². The average Bonchev–Trinajstić information content (AvgIpc) is 3.15. The molecule has 1 unspecified atom stereocenters. The number of urea groups is 1. The van der Waals surface area contributed by atoms with E-state index in [-0.39, 0.29) is 12.1 Å². The first-order chi connectivity index (χ1) is 15.1. The SMILES string of the molecule is Cn1ncc(Br)c1-c1cc(NC(=O)NC2C[C@@H]2c2ccccc2)cc(N2CCCC2)c1. The second-order valence-electron chi connectivity index (χ2n) is 8.39. The van der Waals surface area contributed by atoms with Crippen LogP contribution >= 0.6 is 15.9 Å². The van der Waals surface area contributed by atoms with Crippen molar-refractivity contribution >= 4 is 33.3 Å². The summed E-state index contributed by atoms with van der Waals surface area (Å²) in [4.78, 5) is 15.1. The van der Waals surface area contributed by atoms with Gasteiger partial charge >= 0.3 is 6.03 Å². The van der Waals surface area contributed by atoms with Gasteiger partial charge in [-0.2, -0.15) is 5.10 Å². The average molecular weight is 480 g/mol.